The summed E-state index contributed by atoms with van der Waals surface area (Å²) in [7, 11) is 0. The summed E-state index contributed by atoms with van der Waals surface area (Å²) in [6.45, 7) is 5.27. The third kappa shape index (κ3) is 11.0. The van der Waals surface area contributed by atoms with Gasteiger partial charge in [-0.1, -0.05) is 18.0 Å². The molecular weight excluding hydrogens is 542 g/mol. The molecule has 1 saturated heterocycles. The first-order chi connectivity index (χ1) is 19.5. The summed E-state index contributed by atoms with van der Waals surface area (Å²) in [5, 5.41) is 16.0. The van der Waals surface area contributed by atoms with Crippen molar-refractivity contribution in [2.45, 2.75) is 84.0 Å². The van der Waals surface area contributed by atoms with E-state index in [2.05, 4.69) is 15.0 Å². The lowest BCUT2D eigenvalue weighted by Crippen LogP contribution is -2.65. The fraction of sp³-hybridized carbons (Fsp3) is 0.615. The number of hydrogen-bond acceptors (Lipinski definition) is 11. The second-order valence-electron chi connectivity index (χ2n) is 9.21. The maximum absolute atomic E-state index is 12.6. The van der Waals surface area contributed by atoms with Crippen LogP contribution >= 0.6 is 0 Å². The van der Waals surface area contributed by atoms with Gasteiger partial charge < -0.3 is 38.6 Å². The van der Waals surface area contributed by atoms with Crippen LogP contribution in [0.1, 0.15) is 65.2 Å². The summed E-state index contributed by atoms with van der Waals surface area (Å²) in [5.41, 5.74) is 8.59. The zero-order valence-corrected chi connectivity index (χ0v) is 23.5. The van der Waals surface area contributed by atoms with Crippen molar-refractivity contribution < 1.29 is 52.5 Å². The highest BCUT2D eigenvalue weighted by atomic mass is 16.7. The first-order valence-corrected chi connectivity index (χ1v) is 13.1. The van der Waals surface area contributed by atoms with E-state index in [1.165, 1.54) is 36.0 Å². The SMILES string of the molecule is CC(=O)O[C@H]1[C@H](OC(C)=O)[C@@H](COC(C)=[OH+])O[C@H]([n+]2ccc(C([O-])=NCCCCCCN=[N+]=[N-])cc2)[C@H]1OC(C)=O. The third-order valence-electron chi connectivity index (χ3n) is 5.85. The van der Waals surface area contributed by atoms with E-state index < -0.39 is 54.4 Å². The lowest BCUT2D eigenvalue weighted by atomic mass is 9.97. The Balaban J connectivity index is 2.28. The topological polar surface area (TPSA) is 207 Å². The molecule has 0 aliphatic carbocycles. The van der Waals surface area contributed by atoms with Crippen LogP contribution in [0.5, 0.6) is 0 Å². The highest BCUT2D eigenvalue weighted by molar-refractivity contribution is 5.90. The molecule has 0 spiro atoms. The number of carbonyl (C=O) groups is 3. The minimum absolute atomic E-state index is 0.289. The van der Waals surface area contributed by atoms with Crippen LogP contribution in [0.25, 0.3) is 10.4 Å². The molecule has 0 saturated carbocycles. The Morgan fingerprint density at radius 2 is 1.51 bits per heavy atom. The van der Waals surface area contributed by atoms with Crippen LogP contribution in [-0.4, -0.2) is 78.7 Å². The van der Waals surface area contributed by atoms with Crippen molar-refractivity contribution in [2.75, 3.05) is 19.7 Å². The summed E-state index contributed by atoms with van der Waals surface area (Å²) >= 11 is 0. The van der Waals surface area contributed by atoms with Gasteiger partial charge in [-0.2, -0.15) is 4.57 Å². The molecule has 2 rings (SSSR count). The first kappa shape index (κ1) is 33.0. The molecule has 5 atom stereocenters. The van der Waals surface area contributed by atoms with Crippen LogP contribution in [0.4, 0.5) is 0 Å². The minimum atomic E-state index is -1.29. The Labute approximate surface area is 237 Å². The molecule has 0 amide bonds. The van der Waals surface area contributed by atoms with E-state index in [0.29, 0.717) is 25.1 Å². The number of ether oxygens (including phenoxy) is 5. The van der Waals surface area contributed by atoms with Gasteiger partial charge >= 0.3 is 30.1 Å². The van der Waals surface area contributed by atoms with Crippen LogP contribution in [0.2, 0.25) is 0 Å². The van der Waals surface area contributed by atoms with E-state index in [0.717, 1.165) is 40.0 Å². The fourth-order valence-electron chi connectivity index (χ4n) is 4.16. The Hall–Kier alpha value is -4.23. The van der Waals surface area contributed by atoms with Gasteiger partial charge in [-0.25, -0.2) is 0 Å². The fourth-order valence-corrected chi connectivity index (χ4v) is 4.16. The zero-order chi connectivity index (χ0) is 30.4. The largest absolute Gasteiger partial charge is 0.858 e. The van der Waals surface area contributed by atoms with Crippen molar-refractivity contribution >= 4 is 29.8 Å². The number of hydrogen-bond donors (Lipinski definition) is 0. The minimum Gasteiger partial charge on any atom is -0.858 e. The highest BCUT2D eigenvalue weighted by Gasteiger charge is 2.56. The predicted octanol–water partition coefficient (Wildman–Crippen LogP) is 1.18. The Morgan fingerprint density at radius 3 is 2.07 bits per heavy atom. The normalized spacial score (nSPS) is 22.1. The molecule has 0 aromatic carbocycles. The number of rotatable bonds is 14. The van der Waals surface area contributed by atoms with Gasteiger partial charge in [0.1, 0.15) is 0 Å². The summed E-state index contributed by atoms with van der Waals surface area (Å²) in [4.78, 5) is 52.3. The van der Waals surface area contributed by atoms with E-state index >= 15 is 0 Å². The van der Waals surface area contributed by atoms with Crippen LogP contribution in [0.3, 0.4) is 0 Å². The van der Waals surface area contributed by atoms with E-state index in [4.69, 9.17) is 29.2 Å². The van der Waals surface area contributed by atoms with Gasteiger partial charge in [0, 0.05) is 50.9 Å². The Morgan fingerprint density at radius 1 is 0.951 bits per heavy atom. The first-order valence-electron chi connectivity index (χ1n) is 13.1. The monoisotopic (exact) mass is 578 g/mol. The number of unbranched alkanes of at least 4 members (excludes halogenated alkanes) is 3. The standard InChI is InChI=1S/C26H35N5O10/c1-16(32)37-15-21-22(38-17(2)33)23(39-18(3)34)24(40-19(4)35)26(41-21)31-13-9-20(10-14-31)25(36)28-11-7-5-6-8-12-29-30-27/h9-10,13-14,21-24,26H,5-8,11-12,15H2,1-4H3/p+1/t21-,22-,23+,24+,26+/m1/s1. The van der Waals surface area contributed by atoms with E-state index in [1.54, 1.807) is 0 Å². The van der Waals surface area contributed by atoms with Crippen molar-refractivity contribution in [2.24, 2.45) is 10.1 Å². The molecule has 2 heterocycles. The van der Waals surface area contributed by atoms with Crippen LogP contribution in [-0.2, 0) is 38.1 Å². The molecule has 0 bridgehead atoms. The summed E-state index contributed by atoms with van der Waals surface area (Å²) in [6, 6.07) is 3.02. The van der Waals surface area contributed by atoms with Crippen molar-refractivity contribution in [3.05, 3.63) is 40.5 Å². The lowest BCUT2D eigenvalue weighted by molar-refractivity contribution is -0.777. The van der Waals surface area contributed by atoms with Crippen molar-refractivity contribution in [3.63, 3.8) is 0 Å². The molecule has 0 unspecified atom stereocenters. The predicted molar refractivity (Wildman–Crippen MR) is 140 cm³/mol. The smallest absolute Gasteiger partial charge is 0.479 e. The number of aromatic nitrogens is 1. The quantitative estimate of drug-likeness (QED) is 0.0296. The number of pyridine rings is 1. The van der Waals surface area contributed by atoms with Gasteiger partial charge in [-0.15, -0.1) is 0 Å². The van der Waals surface area contributed by atoms with Gasteiger partial charge in [0.25, 0.3) is 0 Å². The summed E-state index contributed by atoms with van der Waals surface area (Å²) in [6.07, 6.45) is 0.280. The van der Waals surface area contributed by atoms with Crippen molar-refractivity contribution in [3.8, 4) is 0 Å². The number of azide groups is 1. The van der Waals surface area contributed by atoms with Crippen molar-refractivity contribution in [1.82, 2.24) is 0 Å². The molecule has 1 aromatic heterocycles. The second kappa shape index (κ2) is 16.8. The number of esters is 4. The van der Waals surface area contributed by atoms with Gasteiger partial charge in [0.15, 0.2) is 30.7 Å². The van der Waals surface area contributed by atoms with Gasteiger partial charge in [0.05, 0.1) is 6.92 Å². The molecule has 1 N–H and O–H groups in total. The maximum Gasteiger partial charge on any atom is 0.479 e. The summed E-state index contributed by atoms with van der Waals surface area (Å²) < 4.78 is 29.1. The van der Waals surface area contributed by atoms with E-state index in [9.17, 15) is 24.3 Å². The van der Waals surface area contributed by atoms with Crippen LogP contribution in [0, 0.1) is 0 Å². The third-order valence-corrected chi connectivity index (χ3v) is 5.85. The second-order valence-corrected chi connectivity index (χ2v) is 9.21. The Kier molecular flexibility index (Phi) is 13.5. The van der Waals surface area contributed by atoms with Crippen LogP contribution < -0.4 is 9.67 Å². The zero-order valence-electron chi connectivity index (χ0n) is 23.5. The Bertz CT molecular complexity index is 1140. The van der Waals surface area contributed by atoms with Gasteiger partial charge in [0.2, 0.25) is 12.7 Å². The lowest BCUT2D eigenvalue weighted by Gasteiger charge is -2.40. The van der Waals surface area contributed by atoms with Crippen LogP contribution in [0.15, 0.2) is 34.6 Å². The van der Waals surface area contributed by atoms with Crippen molar-refractivity contribution in [1.29, 1.82) is 0 Å². The molecule has 15 heteroatoms. The van der Waals surface area contributed by atoms with Gasteiger partial charge in [-0.3, -0.25) is 14.4 Å². The number of aliphatic imine (C=N–C) groups is 1. The molecule has 41 heavy (non-hydrogen) atoms. The molecule has 15 nitrogen and oxygen atoms in total. The highest BCUT2D eigenvalue weighted by Crippen LogP contribution is 2.32. The molecular formula is C26H36N5O10+. The molecule has 224 valence electrons. The average Bonchev–Trinajstić information content (AvgIpc) is 2.90. The molecule has 1 aromatic rings. The molecule has 1 aliphatic heterocycles. The molecule has 1 aliphatic rings. The number of carbonyl (C=O) groups excluding carboxylic acids is 4. The molecule has 0 radical (unpaired) electrons. The maximum atomic E-state index is 12.6. The van der Waals surface area contributed by atoms with E-state index in [1.807, 2.05) is 0 Å². The number of nitrogens with zero attached hydrogens (tertiary/aromatic N) is 5. The molecule has 1 fully saturated rings. The average molecular weight is 579 g/mol. The summed E-state index contributed by atoms with van der Waals surface area (Å²) in [5.74, 6) is -2.93. The van der Waals surface area contributed by atoms with E-state index in [-0.39, 0.29) is 12.6 Å². The van der Waals surface area contributed by atoms with Gasteiger partial charge in [-0.05, 0) is 29.8 Å².